The average Bonchev–Trinajstić information content (AvgIpc) is 2.78. The Kier molecular flexibility index (Phi) is 3.42. The average molecular weight is 295 g/mol. The number of nitrogens with zero attached hydrogens (tertiary/aromatic N) is 2. The minimum absolute atomic E-state index is 0.268. The fourth-order valence-corrected chi connectivity index (χ4v) is 2.29. The molecular formula is C16H13N3O3. The van der Waals surface area contributed by atoms with Crippen LogP contribution in [0.3, 0.4) is 0 Å². The van der Waals surface area contributed by atoms with Gasteiger partial charge in [-0.2, -0.15) is 0 Å². The molecule has 1 N–H and O–H groups in total. The van der Waals surface area contributed by atoms with Crippen molar-refractivity contribution < 1.29 is 14.4 Å². The molecule has 0 saturated carbocycles. The van der Waals surface area contributed by atoms with Gasteiger partial charge in [0.05, 0.1) is 11.1 Å². The number of hydrogen-bond donors (Lipinski definition) is 1. The van der Waals surface area contributed by atoms with Crippen molar-refractivity contribution in [2.75, 3.05) is 7.05 Å². The van der Waals surface area contributed by atoms with Gasteiger partial charge in [-0.1, -0.05) is 0 Å². The van der Waals surface area contributed by atoms with E-state index < -0.39 is 0 Å². The lowest BCUT2D eigenvalue weighted by Gasteiger charge is -2.06. The molecule has 6 nitrogen and oxygen atoms in total. The van der Waals surface area contributed by atoms with Crippen LogP contribution in [0.2, 0.25) is 0 Å². The molecule has 1 aromatic carbocycles. The van der Waals surface area contributed by atoms with Crippen LogP contribution in [0, 0.1) is 0 Å². The summed E-state index contributed by atoms with van der Waals surface area (Å²) < 4.78 is 0. The van der Waals surface area contributed by atoms with Crippen LogP contribution in [-0.2, 0) is 6.54 Å². The number of carbonyl (C=O) groups excluding carboxylic acids is 3. The zero-order valence-corrected chi connectivity index (χ0v) is 11.9. The standard InChI is InChI=1S/C16H13N3O3/c1-19-15(21)12-3-2-11(8-13(12)16(19)22)14(20)18-9-10-4-6-17-7-5-10/h2-8H,9H2,1H3,(H,18,20). The van der Waals surface area contributed by atoms with Gasteiger partial charge in [-0.25, -0.2) is 0 Å². The second kappa shape index (κ2) is 5.40. The summed E-state index contributed by atoms with van der Waals surface area (Å²) in [6.07, 6.45) is 3.30. The summed E-state index contributed by atoms with van der Waals surface area (Å²) in [5.74, 6) is -1.03. The highest BCUT2D eigenvalue weighted by Crippen LogP contribution is 2.22. The smallest absolute Gasteiger partial charge is 0.261 e. The molecule has 22 heavy (non-hydrogen) atoms. The lowest BCUT2D eigenvalue weighted by atomic mass is 10.1. The largest absolute Gasteiger partial charge is 0.348 e. The molecule has 2 heterocycles. The van der Waals surface area contributed by atoms with Gasteiger partial charge >= 0.3 is 0 Å². The van der Waals surface area contributed by atoms with Crippen molar-refractivity contribution in [2.45, 2.75) is 6.54 Å². The summed E-state index contributed by atoms with van der Waals surface area (Å²) in [7, 11) is 1.42. The predicted molar refractivity (Wildman–Crippen MR) is 78.3 cm³/mol. The van der Waals surface area contributed by atoms with Gasteiger partial charge in [0.1, 0.15) is 0 Å². The number of nitrogens with one attached hydrogen (secondary N) is 1. The minimum atomic E-state index is -0.385. The van der Waals surface area contributed by atoms with Crippen molar-refractivity contribution in [1.82, 2.24) is 15.2 Å². The normalized spacial score (nSPS) is 13.2. The Bertz CT molecular complexity index is 771. The molecule has 1 aromatic heterocycles. The Morgan fingerprint density at radius 1 is 1.09 bits per heavy atom. The van der Waals surface area contributed by atoms with E-state index in [-0.39, 0.29) is 23.3 Å². The Labute approximate surface area is 126 Å². The van der Waals surface area contributed by atoms with E-state index in [1.54, 1.807) is 30.6 Å². The van der Waals surface area contributed by atoms with E-state index in [1.807, 2.05) is 0 Å². The molecule has 3 amide bonds. The van der Waals surface area contributed by atoms with Gasteiger partial charge in [0.25, 0.3) is 17.7 Å². The maximum atomic E-state index is 12.2. The van der Waals surface area contributed by atoms with Crippen molar-refractivity contribution >= 4 is 17.7 Å². The number of carbonyl (C=O) groups is 3. The molecule has 0 aliphatic carbocycles. The third-order valence-corrected chi connectivity index (χ3v) is 3.55. The molecule has 0 fully saturated rings. The summed E-state index contributed by atoms with van der Waals surface area (Å²) in [4.78, 5) is 40.8. The summed E-state index contributed by atoms with van der Waals surface area (Å²) >= 11 is 0. The molecule has 0 saturated heterocycles. The molecule has 2 aromatic rings. The Morgan fingerprint density at radius 2 is 1.77 bits per heavy atom. The lowest BCUT2D eigenvalue weighted by Crippen LogP contribution is -2.24. The molecule has 0 atom stereocenters. The van der Waals surface area contributed by atoms with Crippen molar-refractivity contribution in [1.29, 1.82) is 0 Å². The molecular weight excluding hydrogens is 282 g/mol. The number of amides is 3. The topological polar surface area (TPSA) is 79.4 Å². The van der Waals surface area contributed by atoms with Crippen LogP contribution in [-0.4, -0.2) is 34.7 Å². The number of hydrogen-bond acceptors (Lipinski definition) is 4. The maximum absolute atomic E-state index is 12.2. The molecule has 0 bridgehead atoms. The first kappa shape index (κ1) is 13.9. The number of aromatic nitrogens is 1. The highest BCUT2D eigenvalue weighted by molar-refractivity contribution is 6.21. The fraction of sp³-hybridized carbons (Fsp3) is 0.125. The number of benzene rings is 1. The molecule has 3 rings (SSSR count). The highest BCUT2D eigenvalue weighted by Gasteiger charge is 2.33. The van der Waals surface area contributed by atoms with E-state index >= 15 is 0 Å². The monoisotopic (exact) mass is 295 g/mol. The quantitative estimate of drug-likeness (QED) is 0.864. The van der Waals surface area contributed by atoms with Gasteiger partial charge in [-0.3, -0.25) is 24.3 Å². The number of rotatable bonds is 3. The molecule has 1 aliphatic rings. The van der Waals surface area contributed by atoms with E-state index in [0.717, 1.165) is 10.5 Å². The molecule has 0 radical (unpaired) electrons. The van der Waals surface area contributed by atoms with Crippen molar-refractivity contribution in [3.05, 3.63) is 65.0 Å². The van der Waals surface area contributed by atoms with Crippen LogP contribution in [0.5, 0.6) is 0 Å². The van der Waals surface area contributed by atoms with E-state index in [1.165, 1.54) is 19.2 Å². The second-order valence-corrected chi connectivity index (χ2v) is 4.97. The Hall–Kier alpha value is -3.02. The summed E-state index contributed by atoms with van der Waals surface area (Å²) in [5.41, 5.74) is 1.88. The predicted octanol–water partition coefficient (Wildman–Crippen LogP) is 1.24. The molecule has 0 unspecified atom stereocenters. The van der Waals surface area contributed by atoms with Crippen LogP contribution >= 0.6 is 0 Å². The second-order valence-electron chi connectivity index (χ2n) is 4.97. The Morgan fingerprint density at radius 3 is 2.50 bits per heavy atom. The van der Waals surface area contributed by atoms with E-state index in [9.17, 15) is 14.4 Å². The fourth-order valence-electron chi connectivity index (χ4n) is 2.29. The molecule has 0 spiro atoms. The van der Waals surface area contributed by atoms with Gasteiger partial charge in [-0.15, -0.1) is 0 Å². The zero-order chi connectivity index (χ0) is 15.7. The van der Waals surface area contributed by atoms with Crippen LogP contribution in [0.15, 0.2) is 42.7 Å². The van der Waals surface area contributed by atoms with E-state index in [4.69, 9.17) is 0 Å². The van der Waals surface area contributed by atoms with Crippen LogP contribution in [0.25, 0.3) is 0 Å². The van der Waals surface area contributed by atoms with Crippen molar-refractivity contribution in [2.24, 2.45) is 0 Å². The molecule has 6 heteroatoms. The summed E-state index contributed by atoms with van der Waals surface area (Å²) in [6, 6.07) is 8.13. The van der Waals surface area contributed by atoms with E-state index in [2.05, 4.69) is 10.3 Å². The third kappa shape index (κ3) is 2.35. The van der Waals surface area contributed by atoms with Gasteiger partial charge < -0.3 is 5.32 Å². The number of pyridine rings is 1. The van der Waals surface area contributed by atoms with Crippen molar-refractivity contribution in [3.63, 3.8) is 0 Å². The first-order valence-electron chi connectivity index (χ1n) is 6.71. The van der Waals surface area contributed by atoms with Gasteiger partial charge in [0, 0.05) is 31.5 Å². The van der Waals surface area contributed by atoms with Gasteiger partial charge in [0.15, 0.2) is 0 Å². The number of fused-ring (bicyclic) bond motifs is 1. The molecule has 110 valence electrons. The van der Waals surface area contributed by atoms with Gasteiger partial charge in [-0.05, 0) is 35.9 Å². The van der Waals surface area contributed by atoms with Crippen LogP contribution < -0.4 is 5.32 Å². The minimum Gasteiger partial charge on any atom is -0.348 e. The Balaban J connectivity index is 1.78. The highest BCUT2D eigenvalue weighted by atomic mass is 16.2. The lowest BCUT2D eigenvalue weighted by molar-refractivity contribution is 0.0693. The SMILES string of the molecule is CN1C(=O)c2ccc(C(=O)NCc3ccncc3)cc2C1=O. The first-order valence-corrected chi connectivity index (χ1v) is 6.71. The van der Waals surface area contributed by atoms with Crippen LogP contribution in [0.1, 0.15) is 36.6 Å². The van der Waals surface area contributed by atoms with E-state index in [0.29, 0.717) is 17.7 Å². The third-order valence-electron chi connectivity index (χ3n) is 3.55. The number of imide groups is 1. The molecule has 1 aliphatic heterocycles. The van der Waals surface area contributed by atoms with Crippen LogP contribution in [0.4, 0.5) is 0 Å². The zero-order valence-electron chi connectivity index (χ0n) is 11.9. The summed E-state index contributed by atoms with van der Waals surface area (Å²) in [6.45, 7) is 0.366. The first-order chi connectivity index (χ1) is 10.6. The summed E-state index contributed by atoms with van der Waals surface area (Å²) in [5, 5.41) is 2.77. The maximum Gasteiger partial charge on any atom is 0.261 e. The van der Waals surface area contributed by atoms with Gasteiger partial charge in [0.2, 0.25) is 0 Å². The van der Waals surface area contributed by atoms with Crippen molar-refractivity contribution in [3.8, 4) is 0 Å².